The van der Waals surface area contributed by atoms with Gasteiger partial charge in [-0.05, 0) is 92.7 Å². The number of ether oxygens (including phenoxy) is 6. The van der Waals surface area contributed by atoms with Gasteiger partial charge in [0.25, 0.3) is 5.69 Å². The molecule has 5 aromatic heterocycles. The summed E-state index contributed by atoms with van der Waals surface area (Å²) in [5, 5.41) is 70.4. The summed E-state index contributed by atoms with van der Waals surface area (Å²) in [5.41, 5.74) is 5.48. The number of fused-ring (bicyclic) bond motifs is 3. The van der Waals surface area contributed by atoms with E-state index in [2.05, 4.69) is 104 Å². The molecule has 13 rings (SSSR count). The number of rotatable bonds is 33. The number of non-ortho nitro benzene ring substituents is 1. The van der Waals surface area contributed by atoms with Gasteiger partial charge in [0.1, 0.15) is 46.6 Å². The topological polar surface area (TPSA) is 392 Å². The van der Waals surface area contributed by atoms with Crippen LogP contribution < -0.4 is 50.2 Å². The smallest absolute Gasteiger partial charge is 0.269 e. The first-order chi connectivity index (χ1) is 54.7. The molecule has 0 amide bonds. The van der Waals surface area contributed by atoms with E-state index in [0.717, 1.165) is 112 Å². The van der Waals surface area contributed by atoms with Crippen molar-refractivity contribution in [1.29, 1.82) is 0 Å². The highest BCUT2D eigenvalue weighted by molar-refractivity contribution is 7.99. The van der Waals surface area contributed by atoms with E-state index in [0.29, 0.717) is 135 Å². The molecular formula is C77H116N22O13S. The van der Waals surface area contributed by atoms with Crippen LogP contribution in [0.15, 0.2) is 65.9 Å². The number of thioether (sulfide) groups is 1. The minimum Gasteiger partial charge on any atom is -0.395 e. The van der Waals surface area contributed by atoms with Crippen molar-refractivity contribution in [2.75, 3.05) is 211 Å². The molecule has 8 N–H and O–H groups in total. The normalized spacial score (nSPS) is 21.8. The molecule has 36 heteroatoms. The van der Waals surface area contributed by atoms with E-state index in [1.54, 1.807) is 56.1 Å². The first-order valence-electron chi connectivity index (χ1n) is 39.5. The zero-order valence-electron chi connectivity index (χ0n) is 67.0. The highest BCUT2D eigenvalue weighted by Crippen LogP contribution is 2.40. The minimum atomic E-state index is -1.09. The Kier molecular flexibility index (Phi) is 31.4. The number of hydrogen-bond donors (Lipinski definition) is 8. The number of methoxy groups -OCH3 is 3. The highest BCUT2D eigenvalue weighted by Gasteiger charge is 2.45. The second-order valence-corrected chi connectivity index (χ2v) is 31.0. The van der Waals surface area contributed by atoms with Gasteiger partial charge < -0.3 is 98.9 Å². The van der Waals surface area contributed by atoms with Crippen LogP contribution in [0.3, 0.4) is 0 Å². The Labute approximate surface area is 665 Å². The second kappa shape index (κ2) is 41.4. The number of nitrogens with zero attached hydrogens (tertiary/aromatic N) is 19. The van der Waals surface area contributed by atoms with Crippen LogP contribution in [0.1, 0.15) is 104 Å². The third kappa shape index (κ3) is 22.1. The molecular weight excluding hydrogens is 1470 g/mol. The minimum absolute atomic E-state index is 0.0180. The molecule has 0 radical (unpaired) electrons. The Balaban J connectivity index is 0.000000169. The van der Waals surface area contributed by atoms with Gasteiger partial charge in [-0.25, -0.2) is 29.9 Å². The van der Waals surface area contributed by atoms with Gasteiger partial charge in [0, 0.05) is 155 Å². The Hall–Kier alpha value is -8.21. The Morgan fingerprint density at radius 2 is 1.22 bits per heavy atom. The fourth-order valence-corrected chi connectivity index (χ4v) is 15.8. The predicted molar refractivity (Wildman–Crippen MR) is 439 cm³/mol. The summed E-state index contributed by atoms with van der Waals surface area (Å²) in [5.74, 6) is 6.76. The number of anilines is 8. The molecule has 6 aliphatic heterocycles. The Morgan fingerprint density at radius 1 is 0.655 bits per heavy atom. The average molecular weight is 1590 g/mol. The van der Waals surface area contributed by atoms with Crippen LogP contribution in [0.4, 0.5) is 52.6 Å². The summed E-state index contributed by atoms with van der Waals surface area (Å²) < 4.78 is 36.5. The zero-order chi connectivity index (χ0) is 80.1. The van der Waals surface area contributed by atoms with Gasteiger partial charge in [0.05, 0.1) is 86.7 Å². The van der Waals surface area contributed by atoms with Crippen molar-refractivity contribution >= 4 is 92.9 Å². The van der Waals surface area contributed by atoms with Gasteiger partial charge in [-0.15, -0.1) is 0 Å². The molecule has 0 aliphatic carbocycles. The number of nitrogens with one attached hydrogen (secondary N) is 3. The lowest BCUT2D eigenvalue weighted by molar-refractivity contribution is -0.384. The van der Waals surface area contributed by atoms with Gasteiger partial charge in [0.15, 0.2) is 40.7 Å². The SMILES string of the molecule is CNCCSCC1OC(n2cnc3c2NC=NC3NCc2ccc([N+](=O)[O-])cc2)C(O)C1O.COCCN(CC(C)(C)OC)c1nc(N2CC(C)OC(C)C2)nc2nc(N3CC(C)OC(C)C3)c(-c3ccccc3)nc12.COCCN(CCO)c1nc(N2CCCCC2)c2nc(N(CCO)CCO)nc(N3CCCCC3)c2n1. The molecule has 35 nitrogen and oxygen atoms in total. The molecule has 618 valence electrons. The maximum atomic E-state index is 10.8. The van der Waals surface area contributed by atoms with E-state index < -0.39 is 41.2 Å². The zero-order valence-corrected chi connectivity index (χ0v) is 67.8. The number of aliphatic imine (C=N–C) groups is 1. The molecule has 11 heterocycles. The van der Waals surface area contributed by atoms with Gasteiger partial charge in [0.2, 0.25) is 17.8 Å². The number of nitro groups is 1. The lowest BCUT2D eigenvalue weighted by Crippen LogP contribution is -2.47. The summed E-state index contributed by atoms with van der Waals surface area (Å²) in [4.78, 5) is 75.1. The number of benzene rings is 2. The number of piperidine rings is 2. The summed E-state index contributed by atoms with van der Waals surface area (Å²) in [7, 11) is 6.99. The lowest BCUT2D eigenvalue weighted by Gasteiger charge is -2.37. The van der Waals surface area contributed by atoms with Crippen LogP contribution in [0.5, 0.6) is 0 Å². The summed E-state index contributed by atoms with van der Waals surface area (Å²) in [6.45, 7) is 23.8. The fraction of sp³-hybridized carbons (Fsp3) is 0.636. The average Bonchev–Trinajstić information content (AvgIpc) is 1.58. The molecule has 9 atom stereocenters. The van der Waals surface area contributed by atoms with Crippen molar-refractivity contribution in [1.82, 2.24) is 60.1 Å². The van der Waals surface area contributed by atoms with Crippen molar-refractivity contribution in [2.24, 2.45) is 4.99 Å². The van der Waals surface area contributed by atoms with Crippen LogP contribution in [0.2, 0.25) is 0 Å². The number of imidazole rings is 1. The largest absolute Gasteiger partial charge is 0.395 e. The Bertz CT molecular complexity index is 4150. The van der Waals surface area contributed by atoms with Crippen molar-refractivity contribution in [2.45, 2.75) is 147 Å². The standard InChI is InChI=1S/C32H47N7O4.C25H42N8O4.C20H27N7O5S/c1-21-16-38(17-22(2)42-21)29-26(25-12-10-9-11-13-25)33-27-28(34-29)35-31(39-18-23(3)43-24(4)19-39)36-30(27)37(14-15-40-7)20-32(5,6)41-8;1-37-19-15-33(14-18-36)25-27-21-20(23(29-25)31-10-6-3-7-11-31)26-24(32(12-16-34)13-17-35)28-22(21)30-8-4-2-5-9-30;1-21-6-7-33-9-14-16(28)17(29)20(32-14)26-11-25-15-18(23-10-24-19(15)26)22-8-12-2-4-13(5-3-12)27(30)31/h9-13,21-24H,14-20H2,1-8H3;34-36H,2-19H2,1H3;2-5,10-11,14,16-18,20-22,28-29H,6-9H2,1H3,(H,23,24). The summed E-state index contributed by atoms with van der Waals surface area (Å²) in [6, 6.07) is 16.5. The van der Waals surface area contributed by atoms with E-state index in [1.807, 2.05) is 35.0 Å². The third-order valence-electron chi connectivity index (χ3n) is 20.5. The number of morpholine rings is 2. The third-order valence-corrected chi connectivity index (χ3v) is 21.6. The molecule has 0 saturated carbocycles. The number of aliphatic hydroxyl groups is 5. The second-order valence-electron chi connectivity index (χ2n) is 29.8. The monoisotopic (exact) mass is 1590 g/mol. The van der Waals surface area contributed by atoms with E-state index in [9.17, 15) is 35.6 Å². The van der Waals surface area contributed by atoms with Crippen molar-refractivity contribution in [3.63, 3.8) is 0 Å². The van der Waals surface area contributed by atoms with Gasteiger partial charge >= 0.3 is 0 Å². The number of nitro benzene ring substituents is 1. The molecule has 5 saturated heterocycles. The van der Waals surface area contributed by atoms with E-state index in [4.69, 9.17) is 68.3 Å². The number of hydrogen-bond acceptors (Lipinski definition) is 34. The van der Waals surface area contributed by atoms with Crippen molar-refractivity contribution in [3.05, 3.63) is 82.3 Å². The molecule has 9 unspecified atom stereocenters. The Morgan fingerprint density at radius 3 is 1.77 bits per heavy atom. The summed E-state index contributed by atoms with van der Waals surface area (Å²) in [6.07, 6.45) is 6.26. The maximum Gasteiger partial charge on any atom is 0.269 e. The van der Waals surface area contributed by atoms with Crippen molar-refractivity contribution in [3.8, 4) is 11.3 Å². The van der Waals surface area contributed by atoms with Crippen LogP contribution >= 0.6 is 11.8 Å². The van der Waals surface area contributed by atoms with Gasteiger partial charge in [-0.1, -0.05) is 42.5 Å². The van der Waals surface area contributed by atoms with E-state index in [-0.39, 0.29) is 49.9 Å². The van der Waals surface area contributed by atoms with Gasteiger partial charge in [-0.2, -0.15) is 31.7 Å². The molecule has 0 bridgehead atoms. The predicted octanol–water partition coefficient (Wildman–Crippen LogP) is 5.43. The summed E-state index contributed by atoms with van der Waals surface area (Å²) >= 11 is 1.65. The molecule has 0 spiro atoms. The van der Waals surface area contributed by atoms with Crippen molar-refractivity contribution < 1.29 is 58.9 Å². The first-order valence-corrected chi connectivity index (χ1v) is 40.6. The number of aromatic nitrogens is 10. The molecule has 113 heavy (non-hydrogen) atoms. The fourth-order valence-electron chi connectivity index (χ4n) is 14.8. The highest BCUT2D eigenvalue weighted by atomic mass is 32.2. The molecule has 5 fully saturated rings. The van der Waals surface area contributed by atoms with E-state index in [1.165, 1.54) is 31.3 Å². The first kappa shape index (κ1) is 85.7. The number of aliphatic hydroxyl groups excluding tert-OH is 5. The maximum absolute atomic E-state index is 10.8. The molecule has 6 aliphatic rings. The van der Waals surface area contributed by atoms with Crippen LogP contribution in [-0.2, 0) is 35.0 Å². The van der Waals surface area contributed by atoms with Crippen LogP contribution in [-0.4, -0.2) is 306 Å². The van der Waals surface area contributed by atoms with E-state index >= 15 is 0 Å². The van der Waals surface area contributed by atoms with Crippen LogP contribution in [0.25, 0.3) is 33.5 Å². The van der Waals surface area contributed by atoms with Gasteiger partial charge in [-0.3, -0.25) is 20.0 Å². The lowest BCUT2D eigenvalue weighted by atomic mass is 10.1. The molecule has 7 aromatic rings. The molecule has 2 aromatic carbocycles. The van der Waals surface area contributed by atoms with Crippen LogP contribution in [0, 0.1) is 10.1 Å². The quantitative estimate of drug-likeness (QED) is 0.0144.